The zero-order valence-corrected chi connectivity index (χ0v) is 13.1. The standard InChI is InChI=1S/C16H15N3O3S/c1-22-14-7-5-11(6-8-14)10-17-19-16(23)18-13-4-2-3-12(9-13)15(20)21/h2-10H,1H3,(H,20,21)(H2,18,19,23)/p-1. The summed E-state index contributed by atoms with van der Waals surface area (Å²) in [5.41, 5.74) is 4.13. The van der Waals surface area contributed by atoms with Crippen LogP contribution in [0, 0.1) is 0 Å². The van der Waals surface area contributed by atoms with Gasteiger partial charge in [-0.15, -0.1) is 0 Å². The number of aromatic carboxylic acids is 1. The Morgan fingerprint density at radius 2 is 2.00 bits per heavy atom. The highest BCUT2D eigenvalue weighted by Gasteiger charge is 1.99. The molecule has 0 aromatic heterocycles. The maximum atomic E-state index is 10.8. The van der Waals surface area contributed by atoms with Crippen molar-refractivity contribution < 1.29 is 14.6 Å². The van der Waals surface area contributed by atoms with E-state index >= 15 is 0 Å². The lowest BCUT2D eigenvalue weighted by Gasteiger charge is -2.09. The minimum Gasteiger partial charge on any atom is -0.545 e. The van der Waals surface area contributed by atoms with Crippen LogP contribution in [0.3, 0.4) is 0 Å². The molecule has 2 rings (SSSR count). The normalized spacial score (nSPS) is 10.3. The Morgan fingerprint density at radius 1 is 1.26 bits per heavy atom. The number of hydrazone groups is 1. The fraction of sp³-hybridized carbons (Fsp3) is 0.0625. The largest absolute Gasteiger partial charge is 0.545 e. The first-order valence-electron chi connectivity index (χ1n) is 6.64. The van der Waals surface area contributed by atoms with E-state index in [0.29, 0.717) is 5.69 Å². The van der Waals surface area contributed by atoms with Crippen molar-refractivity contribution in [2.45, 2.75) is 0 Å². The Bertz CT molecular complexity index is 730. The number of carboxylic acid groups (broad SMARTS) is 1. The fourth-order valence-electron chi connectivity index (χ4n) is 1.74. The van der Waals surface area contributed by atoms with Crippen molar-refractivity contribution in [1.29, 1.82) is 0 Å². The van der Waals surface area contributed by atoms with Gasteiger partial charge >= 0.3 is 0 Å². The van der Waals surface area contributed by atoms with Gasteiger partial charge in [-0.1, -0.05) is 12.1 Å². The van der Waals surface area contributed by atoms with Crippen LogP contribution in [-0.4, -0.2) is 24.4 Å². The molecule has 0 saturated heterocycles. The lowest BCUT2D eigenvalue weighted by atomic mass is 10.2. The average molecular weight is 328 g/mol. The van der Waals surface area contributed by atoms with Gasteiger partial charge in [0.05, 0.1) is 19.3 Å². The zero-order valence-electron chi connectivity index (χ0n) is 12.3. The fourth-order valence-corrected chi connectivity index (χ4v) is 1.91. The van der Waals surface area contributed by atoms with Crippen LogP contribution in [0.2, 0.25) is 0 Å². The van der Waals surface area contributed by atoms with Crippen molar-refractivity contribution >= 4 is 35.2 Å². The molecule has 6 nitrogen and oxygen atoms in total. The van der Waals surface area contributed by atoms with Gasteiger partial charge in [0, 0.05) is 5.69 Å². The molecule has 0 spiro atoms. The van der Waals surface area contributed by atoms with Crippen molar-refractivity contribution in [3.05, 3.63) is 59.7 Å². The molecule has 0 radical (unpaired) electrons. The first-order valence-corrected chi connectivity index (χ1v) is 7.05. The first-order chi connectivity index (χ1) is 11.1. The summed E-state index contributed by atoms with van der Waals surface area (Å²) in [7, 11) is 1.60. The second-order valence-electron chi connectivity index (χ2n) is 4.47. The summed E-state index contributed by atoms with van der Waals surface area (Å²) in [6.07, 6.45) is 1.60. The van der Waals surface area contributed by atoms with Gasteiger partial charge in [0.15, 0.2) is 5.11 Å². The number of thiocarbonyl (C=S) groups is 1. The Hall–Kier alpha value is -2.93. The number of hydrogen-bond donors (Lipinski definition) is 2. The van der Waals surface area contributed by atoms with Gasteiger partial charge in [-0.3, -0.25) is 5.43 Å². The van der Waals surface area contributed by atoms with E-state index in [4.69, 9.17) is 17.0 Å². The predicted molar refractivity (Wildman–Crippen MR) is 90.7 cm³/mol. The van der Waals surface area contributed by atoms with E-state index in [1.165, 1.54) is 12.1 Å². The molecule has 0 aliphatic rings. The number of nitrogens with one attached hydrogen (secondary N) is 2. The highest BCUT2D eigenvalue weighted by atomic mass is 32.1. The van der Waals surface area contributed by atoms with E-state index in [9.17, 15) is 9.90 Å². The number of rotatable bonds is 5. The molecule has 118 valence electrons. The van der Waals surface area contributed by atoms with Crippen LogP contribution in [0.25, 0.3) is 0 Å². The van der Waals surface area contributed by atoms with E-state index in [1.807, 2.05) is 24.3 Å². The Labute approximate surface area is 138 Å². The van der Waals surface area contributed by atoms with Crippen LogP contribution in [0.5, 0.6) is 5.75 Å². The summed E-state index contributed by atoms with van der Waals surface area (Å²) in [5.74, 6) is -0.481. The number of anilines is 1. The molecule has 0 fully saturated rings. The van der Waals surface area contributed by atoms with E-state index in [-0.39, 0.29) is 10.7 Å². The molecule has 0 aliphatic carbocycles. The smallest absolute Gasteiger partial charge is 0.191 e. The van der Waals surface area contributed by atoms with Gasteiger partial charge < -0.3 is 20.0 Å². The summed E-state index contributed by atoms with van der Waals surface area (Å²) < 4.78 is 5.07. The molecule has 0 atom stereocenters. The molecule has 0 saturated carbocycles. The number of benzene rings is 2. The highest BCUT2D eigenvalue weighted by molar-refractivity contribution is 7.80. The number of hydrogen-bond acceptors (Lipinski definition) is 5. The first kappa shape index (κ1) is 16.4. The lowest BCUT2D eigenvalue weighted by Crippen LogP contribution is -2.25. The molecule has 7 heteroatoms. The predicted octanol–water partition coefficient (Wildman–Crippen LogP) is 1.38. The molecule has 0 aliphatic heterocycles. The average Bonchev–Trinajstić information content (AvgIpc) is 2.55. The zero-order chi connectivity index (χ0) is 16.7. The van der Waals surface area contributed by atoms with Gasteiger partial charge in [0.2, 0.25) is 0 Å². The second kappa shape index (κ2) is 7.90. The molecule has 2 N–H and O–H groups in total. The maximum Gasteiger partial charge on any atom is 0.191 e. The van der Waals surface area contributed by atoms with Crippen molar-refractivity contribution in [2.24, 2.45) is 5.10 Å². The molecular formula is C16H14N3O3S-. The topological polar surface area (TPSA) is 85.8 Å². The van der Waals surface area contributed by atoms with Crippen molar-refractivity contribution in [3.63, 3.8) is 0 Å². The quantitative estimate of drug-likeness (QED) is 0.490. The molecule has 2 aromatic carbocycles. The van der Waals surface area contributed by atoms with Crippen LogP contribution in [0.4, 0.5) is 5.69 Å². The van der Waals surface area contributed by atoms with Gasteiger partial charge in [-0.05, 0) is 59.7 Å². The number of carboxylic acids is 1. The van der Waals surface area contributed by atoms with Gasteiger partial charge in [-0.25, -0.2) is 0 Å². The van der Waals surface area contributed by atoms with E-state index < -0.39 is 5.97 Å². The van der Waals surface area contributed by atoms with Crippen molar-refractivity contribution in [2.75, 3.05) is 12.4 Å². The molecule has 23 heavy (non-hydrogen) atoms. The SMILES string of the molecule is COc1ccc(C=NNC(=S)Nc2cccc(C(=O)[O-])c2)cc1. The van der Waals surface area contributed by atoms with Crippen molar-refractivity contribution in [3.8, 4) is 5.75 Å². The third kappa shape index (κ3) is 5.08. The minimum absolute atomic E-state index is 0.0690. The van der Waals surface area contributed by atoms with Gasteiger partial charge in [0.1, 0.15) is 5.75 Å². The summed E-state index contributed by atoms with van der Waals surface area (Å²) >= 11 is 5.08. The molecule has 2 aromatic rings. The number of methoxy groups -OCH3 is 1. The second-order valence-corrected chi connectivity index (χ2v) is 4.87. The number of carbonyl (C=O) groups excluding carboxylic acids is 1. The summed E-state index contributed by atoms with van der Waals surface area (Å²) in [4.78, 5) is 10.8. The van der Waals surface area contributed by atoms with Crippen LogP contribution in [-0.2, 0) is 0 Å². The van der Waals surface area contributed by atoms with E-state index in [0.717, 1.165) is 11.3 Å². The Morgan fingerprint density at radius 3 is 2.65 bits per heavy atom. The van der Waals surface area contributed by atoms with Gasteiger partial charge in [0.25, 0.3) is 0 Å². The monoisotopic (exact) mass is 328 g/mol. The third-order valence-electron chi connectivity index (χ3n) is 2.85. The Balaban J connectivity index is 1.90. The van der Waals surface area contributed by atoms with E-state index in [2.05, 4.69) is 15.8 Å². The van der Waals surface area contributed by atoms with Crippen LogP contribution in [0.1, 0.15) is 15.9 Å². The molecule has 0 heterocycles. The Kier molecular flexibility index (Phi) is 5.65. The molecule has 0 unspecified atom stereocenters. The number of ether oxygens (including phenoxy) is 1. The number of carbonyl (C=O) groups is 1. The van der Waals surface area contributed by atoms with E-state index in [1.54, 1.807) is 25.5 Å². The van der Waals surface area contributed by atoms with Gasteiger partial charge in [-0.2, -0.15) is 5.10 Å². The lowest BCUT2D eigenvalue weighted by molar-refractivity contribution is -0.255. The minimum atomic E-state index is -1.25. The molecule has 0 bridgehead atoms. The van der Waals surface area contributed by atoms with Crippen LogP contribution >= 0.6 is 12.2 Å². The summed E-state index contributed by atoms with van der Waals surface area (Å²) in [5, 5.41) is 17.9. The van der Waals surface area contributed by atoms with Crippen molar-refractivity contribution in [1.82, 2.24) is 5.43 Å². The van der Waals surface area contributed by atoms with Crippen LogP contribution in [0.15, 0.2) is 53.6 Å². The summed E-state index contributed by atoms with van der Waals surface area (Å²) in [6.45, 7) is 0. The molecule has 0 amide bonds. The number of nitrogens with zero attached hydrogens (tertiary/aromatic N) is 1. The highest BCUT2D eigenvalue weighted by Crippen LogP contribution is 2.10. The van der Waals surface area contributed by atoms with Crippen LogP contribution < -0.4 is 20.6 Å². The molecular weight excluding hydrogens is 314 g/mol. The summed E-state index contributed by atoms with van der Waals surface area (Å²) in [6, 6.07) is 13.5. The maximum absolute atomic E-state index is 10.8. The third-order valence-corrected chi connectivity index (χ3v) is 3.05.